The largest absolute Gasteiger partial charge is 0.378 e. The fraction of sp³-hybridized carbons (Fsp3) is 0.231. The second-order valence-electron chi connectivity index (χ2n) is 8.42. The molecular weight excluding hydrogens is 537 g/mol. The lowest BCUT2D eigenvalue weighted by molar-refractivity contribution is -0.114. The van der Waals surface area contributed by atoms with E-state index in [1.54, 1.807) is 41.3 Å². The van der Waals surface area contributed by atoms with Crippen LogP contribution in [0.25, 0.3) is 0 Å². The fourth-order valence-corrected chi connectivity index (χ4v) is 5.53. The molecule has 0 radical (unpaired) electrons. The quantitative estimate of drug-likeness (QED) is 0.454. The van der Waals surface area contributed by atoms with Crippen molar-refractivity contribution in [2.75, 3.05) is 42.5 Å². The van der Waals surface area contributed by atoms with E-state index in [4.69, 9.17) is 27.9 Å². The molecule has 0 aromatic heterocycles. The minimum Gasteiger partial charge on any atom is -0.378 e. The van der Waals surface area contributed by atoms with Crippen LogP contribution in [0.15, 0.2) is 71.6 Å². The molecule has 1 saturated heterocycles. The van der Waals surface area contributed by atoms with E-state index in [1.807, 2.05) is 6.92 Å². The second-order valence-corrected chi connectivity index (χ2v) is 11.1. The van der Waals surface area contributed by atoms with E-state index in [-0.39, 0.29) is 32.2 Å². The molecule has 3 aromatic rings. The summed E-state index contributed by atoms with van der Waals surface area (Å²) in [6.07, 6.45) is 0. The number of amides is 2. The Morgan fingerprint density at radius 1 is 0.973 bits per heavy atom. The monoisotopic (exact) mass is 561 g/mol. The van der Waals surface area contributed by atoms with Crippen LogP contribution in [-0.4, -0.2) is 58.0 Å². The number of nitrogens with one attached hydrogen (secondary N) is 1. The van der Waals surface area contributed by atoms with E-state index in [0.29, 0.717) is 31.9 Å². The van der Waals surface area contributed by atoms with E-state index >= 15 is 0 Å². The molecule has 37 heavy (non-hydrogen) atoms. The number of aryl methyl sites for hydroxylation is 1. The Bertz CT molecular complexity index is 1410. The maximum atomic E-state index is 13.6. The Morgan fingerprint density at radius 3 is 2.32 bits per heavy atom. The van der Waals surface area contributed by atoms with Gasteiger partial charge in [-0.25, -0.2) is 8.42 Å². The highest BCUT2D eigenvalue weighted by molar-refractivity contribution is 7.92. The highest BCUT2D eigenvalue weighted by Crippen LogP contribution is 2.31. The van der Waals surface area contributed by atoms with Crippen molar-refractivity contribution in [3.8, 4) is 0 Å². The first-order valence-electron chi connectivity index (χ1n) is 11.5. The number of rotatable bonds is 7. The number of para-hydroxylation sites is 1. The average molecular weight is 562 g/mol. The minimum atomic E-state index is -4.15. The summed E-state index contributed by atoms with van der Waals surface area (Å²) in [5.41, 5.74) is 1.65. The van der Waals surface area contributed by atoms with E-state index in [2.05, 4.69) is 5.32 Å². The van der Waals surface area contributed by atoms with Crippen molar-refractivity contribution in [3.05, 3.63) is 87.9 Å². The lowest BCUT2D eigenvalue weighted by atomic mass is 10.1. The number of nitrogens with zero attached hydrogens (tertiary/aromatic N) is 2. The first-order valence-corrected chi connectivity index (χ1v) is 13.7. The number of halogens is 2. The van der Waals surface area contributed by atoms with Crippen molar-refractivity contribution in [3.63, 3.8) is 0 Å². The SMILES string of the molecule is Cc1ccc(S(=O)(=O)N(CC(=O)Nc2ccccc2C(=O)N2CCOCC2)c2ccc(Cl)c(Cl)c2)cc1. The molecule has 1 aliphatic heterocycles. The lowest BCUT2D eigenvalue weighted by Gasteiger charge is -2.28. The van der Waals surface area contributed by atoms with Crippen LogP contribution < -0.4 is 9.62 Å². The molecule has 0 atom stereocenters. The summed E-state index contributed by atoms with van der Waals surface area (Å²) in [6, 6.07) is 17.2. The van der Waals surface area contributed by atoms with Gasteiger partial charge in [0.2, 0.25) is 5.91 Å². The Balaban J connectivity index is 1.63. The second kappa shape index (κ2) is 11.5. The Kier molecular flexibility index (Phi) is 8.39. The number of ether oxygens (including phenoxy) is 1. The van der Waals surface area contributed by atoms with Gasteiger partial charge in [0, 0.05) is 13.1 Å². The fourth-order valence-electron chi connectivity index (χ4n) is 3.83. The van der Waals surface area contributed by atoms with Crippen molar-refractivity contribution in [2.45, 2.75) is 11.8 Å². The summed E-state index contributed by atoms with van der Waals surface area (Å²) in [4.78, 5) is 27.9. The molecule has 3 aromatic carbocycles. The normalized spacial score (nSPS) is 13.8. The van der Waals surface area contributed by atoms with Gasteiger partial charge in [-0.2, -0.15) is 0 Å². The smallest absolute Gasteiger partial charge is 0.264 e. The summed E-state index contributed by atoms with van der Waals surface area (Å²) in [5.74, 6) is -0.878. The molecule has 194 valence electrons. The van der Waals surface area contributed by atoms with Crippen LogP contribution in [0.3, 0.4) is 0 Å². The summed E-state index contributed by atoms with van der Waals surface area (Å²) in [5, 5.41) is 3.10. The van der Waals surface area contributed by atoms with Gasteiger partial charge in [-0.15, -0.1) is 0 Å². The molecular formula is C26H25Cl2N3O5S. The Hall–Kier alpha value is -3.11. The topological polar surface area (TPSA) is 96.0 Å². The number of carbonyl (C=O) groups is 2. The molecule has 1 heterocycles. The highest BCUT2D eigenvalue weighted by Gasteiger charge is 2.29. The molecule has 0 unspecified atom stereocenters. The summed E-state index contributed by atoms with van der Waals surface area (Å²) in [7, 11) is -4.15. The average Bonchev–Trinajstić information content (AvgIpc) is 2.89. The third kappa shape index (κ3) is 6.24. The van der Waals surface area contributed by atoms with E-state index in [0.717, 1.165) is 9.87 Å². The first kappa shape index (κ1) is 26.9. The molecule has 1 fully saturated rings. The van der Waals surface area contributed by atoms with E-state index in [1.165, 1.54) is 30.3 Å². The van der Waals surface area contributed by atoms with Crippen molar-refractivity contribution in [1.29, 1.82) is 0 Å². The molecule has 1 aliphatic rings. The number of morpholine rings is 1. The van der Waals surface area contributed by atoms with Crippen LogP contribution in [0.1, 0.15) is 15.9 Å². The van der Waals surface area contributed by atoms with Crippen LogP contribution >= 0.6 is 23.2 Å². The number of sulfonamides is 1. The van der Waals surface area contributed by atoms with Crippen molar-refractivity contribution >= 4 is 56.4 Å². The molecule has 8 nitrogen and oxygen atoms in total. The van der Waals surface area contributed by atoms with Crippen molar-refractivity contribution in [1.82, 2.24) is 4.90 Å². The van der Waals surface area contributed by atoms with Gasteiger partial charge < -0.3 is 15.0 Å². The van der Waals surface area contributed by atoms with Crippen molar-refractivity contribution in [2.24, 2.45) is 0 Å². The van der Waals surface area contributed by atoms with Gasteiger partial charge in [0.25, 0.3) is 15.9 Å². The van der Waals surface area contributed by atoms with Gasteiger partial charge >= 0.3 is 0 Å². The summed E-state index contributed by atoms with van der Waals surface area (Å²) < 4.78 is 33.5. The Labute approximate surface area is 225 Å². The van der Waals surface area contributed by atoms with Crippen LogP contribution in [0.5, 0.6) is 0 Å². The molecule has 2 amide bonds. The highest BCUT2D eigenvalue weighted by atomic mass is 35.5. The first-order chi connectivity index (χ1) is 17.7. The minimum absolute atomic E-state index is 0.0138. The third-order valence-corrected chi connectivity index (χ3v) is 8.34. The van der Waals surface area contributed by atoms with Gasteiger partial charge in [0.1, 0.15) is 6.54 Å². The van der Waals surface area contributed by atoms with E-state index < -0.39 is 22.5 Å². The van der Waals surface area contributed by atoms with Crippen molar-refractivity contribution < 1.29 is 22.7 Å². The predicted molar refractivity (Wildman–Crippen MR) is 144 cm³/mol. The molecule has 0 saturated carbocycles. The maximum absolute atomic E-state index is 13.6. The zero-order valence-corrected chi connectivity index (χ0v) is 22.3. The number of benzene rings is 3. The number of hydrogen-bond donors (Lipinski definition) is 1. The molecule has 11 heteroatoms. The lowest BCUT2D eigenvalue weighted by Crippen LogP contribution is -2.41. The number of carbonyl (C=O) groups excluding carboxylic acids is 2. The standard InChI is InChI=1S/C26H25Cl2N3O5S/c1-18-6-9-20(10-7-18)37(34,35)31(19-8-11-22(27)23(28)16-19)17-25(32)29-24-5-3-2-4-21(24)26(33)30-12-14-36-15-13-30/h2-11,16H,12-15,17H2,1H3,(H,29,32). The molecule has 0 spiro atoms. The van der Waals surface area contributed by atoms with Gasteiger partial charge in [0.05, 0.1) is 45.1 Å². The molecule has 0 aliphatic carbocycles. The maximum Gasteiger partial charge on any atom is 0.264 e. The van der Waals surface area contributed by atoms with Crippen LogP contribution in [0.2, 0.25) is 10.0 Å². The van der Waals surface area contributed by atoms with Gasteiger partial charge in [-0.3, -0.25) is 13.9 Å². The predicted octanol–water partition coefficient (Wildman–Crippen LogP) is 4.61. The molecule has 4 rings (SSSR count). The van der Waals surface area contributed by atoms with E-state index in [9.17, 15) is 18.0 Å². The molecule has 0 bridgehead atoms. The molecule has 1 N–H and O–H groups in total. The zero-order valence-electron chi connectivity index (χ0n) is 20.0. The zero-order chi connectivity index (χ0) is 26.6. The summed E-state index contributed by atoms with van der Waals surface area (Å²) >= 11 is 12.2. The van der Waals surface area contributed by atoms with Gasteiger partial charge in [0.15, 0.2) is 0 Å². The number of hydrogen-bond acceptors (Lipinski definition) is 5. The van der Waals surface area contributed by atoms with Crippen LogP contribution in [0, 0.1) is 6.92 Å². The van der Waals surface area contributed by atoms with Crippen LogP contribution in [0.4, 0.5) is 11.4 Å². The Morgan fingerprint density at radius 2 is 1.65 bits per heavy atom. The van der Waals surface area contributed by atoms with Crippen LogP contribution in [-0.2, 0) is 19.6 Å². The summed E-state index contributed by atoms with van der Waals surface area (Å²) in [6.45, 7) is 3.05. The van der Waals surface area contributed by atoms with Gasteiger partial charge in [-0.1, -0.05) is 53.0 Å². The van der Waals surface area contributed by atoms with Gasteiger partial charge in [-0.05, 0) is 49.4 Å². The third-order valence-electron chi connectivity index (χ3n) is 5.82. The number of anilines is 2.